The van der Waals surface area contributed by atoms with Gasteiger partial charge in [-0.15, -0.1) is 0 Å². The Labute approximate surface area is 243 Å². The Morgan fingerprint density at radius 1 is 0.857 bits per heavy atom. The molecule has 0 bridgehead atoms. The number of fused-ring (bicyclic) bond motifs is 1. The van der Waals surface area contributed by atoms with Crippen molar-refractivity contribution < 1.29 is 29.1 Å². The number of carbonyl (C=O) groups is 5. The van der Waals surface area contributed by atoms with Crippen LogP contribution in [0.1, 0.15) is 37.8 Å². The highest BCUT2D eigenvalue weighted by atomic mass is 16.4. The summed E-state index contributed by atoms with van der Waals surface area (Å²) in [7, 11) is 0. The number of aromatic nitrogens is 1. The summed E-state index contributed by atoms with van der Waals surface area (Å²) in [6.45, 7) is 3.58. The highest BCUT2D eigenvalue weighted by Gasteiger charge is 2.33. The molecule has 2 aromatic carbocycles. The van der Waals surface area contributed by atoms with Crippen molar-refractivity contribution in [2.24, 2.45) is 17.4 Å². The molecule has 3 aromatic rings. The van der Waals surface area contributed by atoms with Crippen LogP contribution in [0.2, 0.25) is 0 Å². The van der Waals surface area contributed by atoms with Gasteiger partial charge in [0.2, 0.25) is 23.6 Å². The van der Waals surface area contributed by atoms with Crippen molar-refractivity contribution in [3.05, 3.63) is 71.9 Å². The standard InChI is InChI=1S/C30H38N6O6/c1-3-17(2)26(36-27(38)21(31)15-25(32)37)29(40)34-23(14-19-16-33-22-12-8-7-11-20(19)22)28(39)35-24(30(41)42)13-18-9-5-4-6-10-18/h4-12,16-17,21,23-24,26,33H,3,13-15,31H2,1-2H3,(H2,32,37)(H,34,40)(H,35,39)(H,36,38)(H,41,42). The molecule has 9 N–H and O–H groups in total. The van der Waals surface area contributed by atoms with Gasteiger partial charge in [-0.3, -0.25) is 19.2 Å². The minimum Gasteiger partial charge on any atom is -0.480 e. The van der Waals surface area contributed by atoms with E-state index in [1.807, 2.05) is 31.2 Å². The third-order valence-corrected chi connectivity index (χ3v) is 7.18. The number of carbonyl (C=O) groups excluding carboxylic acids is 4. The third-order valence-electron chi connectivity index (χ3n) is 7.18. The summed E-state index contributed by atoms with van der Waals surface area (Å²) in [4.78, 5) is 66.3. The first-order valence-electron chi connectivity index (χ1n) is 13.8. The Hall–Kier alpha value is -4.71. The van der Waals surface area contributed by atoms with E-state index in [1.54, 1.807) is 43.5 Å². The maximum atomic E-state index is 13.6. The van der Waals surface area contributed by atoms with Crippen molar-refractivity contribution in [3.8, 4) is 0 Å². The average molecular weight is 579 g/mol. The summed E-state index contributed by atoms with van der Waals surface area (Å²) < 4.78 is 0. The lowest BCUT2D eigenvalue weighted by molar-refractivity contribution is -0.142. The number of hydrogen-bond donors (Lipinski definition) is 7. The number of carboxylic acids is 1. The fourth-order valence-electron chi connectivity index (χ4n) is 4.59. The molecular formula is C30H38N6O6. The lowest BCUT2D eigenvalue weighted by Gasteiger charge is -2.28. The molecule has 0 saturated carbocycles. The summed E-state index contributed by atoms with van der Waals surface area (Å²) in [5, 5.41) is 18.6. The second kappa shape index (κ2) is 14.8. The van der Waals surface area contributed by atoms with E-state index in [1.165, 1.54) is 0 Å². The van der Waals surface area contributed by atoms with Crippen LogP contribution in [0.5, 0.6) is 0 Å². The van der Waals surface area contributed by atoms with Gasteiger partial charge in [0.1, 0.15) is 18.1 Å². The first-order chi connectivity index (χ1) is 20.0. The third kappa shape index (κ3) is 8.64. The molecule has 3 rings (SSSR count). The number of H-pyrrole nitrogens is 1. The maximum absolute atomic E-state index is 13.6. The van der Waals surface area contributed by atoms with E-state index in [0.29, 0.717) is 12.0 Å². The summed E-state index contributed by atoms with van der Waals surface area (Å²) in [5.74, 6) is -4.44. The molecule has 0 spiro atoms. The second-order valence-electron chi connectivity index (χ2n) is 10.4. The van der Waals surface area contributed by atoms with Crippen LogP contribution in [0.3, 0.4) is 0 Å². The van der Waals surface area contributed by atoms with Crippen molar-refractivity contribution in [2.45, 2.75) is 63.7 Å². The molecule has 42 heavy (non-hydrogen) atoms. The Kier molecular flexibility index (Phi) is 11.2. The predicted molar refractivity (Wildman–Crippen MR) is 157 cm³/mol. The molecule has 0 fully saturated rings. The quantitative estimate of drug-likeness (QED) is 0.137. The van der Waals surface area contributed by atoms with Gasteiger partial charge in [-0.2, -0.15) is 0 Å². The Bertz CT molecular complexity index is 1410. The lowest BCUT2D eigenvalue weighted by Crippen LogP contribution is -2.59. The number of hydrogen-bond acceptors (Lipinski definition) is 6. The van der Waals surface area contributed by atoms with Gasteiger partial charge >= 0.3 is 5.97 Å². The van der Waals surface area contributed by atoms with Crippen LogP contribution >= 0.6 is 0 Å². The molecular weight excluding hydrogens is 540 g/mol. The molecule has 0 saturated heterocycles. The van der Waals surface area contributed by atoms with Crippen molar-refractivity contribution in [1.82, 2.24) is 20.9 Å². The summed E-state index contributed by atoms with van der Waals surface area (Å²) >= 11 is 0. The van der Waals surface area contributed by atoms with Crippen LogP contribution in [0.4, 0.5) is 0 Å². The molecule has 12 nitrogen and oxygen atoms in total. The zero-order valence-corrected chi connectivity index (χ0v) is 23.6. The first kappa shape index (κ1) is 31.8. The number of benzene rings is 2. The van der Waals surface area contributed by atoms with E-state index in [9.17, 15) is 29.1 Å². The minimum atomic E-state index is -1.25. The Morgan fingerprint density at radius 3 is 2.14 bits per heavy atom. The fraction of sp³-hybridized carbons (Fsp3) is 0.367. The molecule has 4 amide bonds. The number of para-hydroxylation sites is 1. The molecule has 1 heterocycles. The van der Waals surface area contributed by atoms with Crippen molar-refractivity contribution in [2.75, 3.05) is 0 Å². The van der Waals surface area contributed by atoms with Gasteiger partial charge in [0.05, 0.1) is 12.5 Å². The van der Waals surface area contributed by atoms with Crippen molar-refractivity contribution >= 4 is 40.5 Å². The van der Waals surface area contributed by atoms with Crippen molar-refractivity contribution in [3.63, 3.8) is 0 Å². The fourth-order valence-corrected chi connectivity index (χ4v) is 4.59. The zero-order valence-electron chi connectivity index (χ0n) is 23.6. The summed E-state index contributed by atoms with van der Waals surface area (Å²) in [5.41, 5.74) is 13.2. The van der Waals surface area contributed by atoms with Gasteiger partial charge in [-0.25, -0.2) is 4.79 Å². The van der Waals surface area contributed by atoms with E-state index in [4.69, 9.17) is 11.5 Å². The van der Waals surface area contributed by atoms with Gasteiger partial charge in [-0.05, 0) is 23.1 Å². The molecule has 5 atom stereocenters. The van der Waals surface area contributed by atoms with E-state index >= 15 is 0 Å². The Balaban J connectivity index is 1.87. The topological polar surface area (TPSA) is 209 Å². The van der Waals surface area contributed by atoms with Gasteiger partial charge in [-0.1, -0.05) is 68.8 Å². The summed E-state index contributed by atoms with van der Waals surface area (Å²) in [6.07, 6.45) is 1.91. The monoisotopic (exact) mass is 578 g/mol. The van der Waals surface area contributed by atoms with Crippen LogP contribution < -0.4 is 27.4 Å². The molecule has 0 radical (unpaired) electrons. The van der Waals surface area contributed by atoms with Crippen molar-refractivity contribution in [1.29, 1.82) is 0 Å². The number of aliphatic carboxylic acids is 1. The molecule has 224 valence electrons. The number of amides is 4. The number of nitrogens with two attached hydrogens (primary N) is 2. The van der Waals surface area contributed by atoms with E-state index < -0.39 is 60.2 Å². The van der Waals surface area contributed by atoms with Crippen LogP contribution in [0, 0.1) is 5.92 Å². The normalized spacial score (nSPS) is 14.6. The zero-order chi connectivity index (χ0) is 30.8. The van der Waals surface area contributed by atoms with Crippen LogP contribution in [-0.2, 0) is 36.8 Å². The molecule has 0 aliphatic carbocycles. The second-order valence-corrected chi connectivity index (χ2v) is 10.4. The lowest BCUT2D eigenvalue weighted by atomic mass is 9.96. The van der Waals surface area contributed by atoms with E-state index in [2.05, 4.69) is 20.9 Å². The largest absolute Gasteiger partial charge is 0.480 e. The molecule has 1 aromatic heterocycles. The first-order valence-corrected chi connectivity index (χ1v) is 13.8. The highest BCUT2D eigenvalue weighted by Crippen LogP contribution is 2.20. The SMILES string of the molecule is CCC(C)C(NC(=O)C(N)CC(N)=O)C(=O)NC(Cc1c[nH]c2ccccc12)C(=O)NC(Cc1ccccc1)C(=O)O. The number of rotatable bonds is 15. The van der Waals surface area contributed by atoms with Crippen LogP contribution in [0.25, 0.3) is 10.9 Å². The Morgan fingerprint density at radius 2 is 1.50 bits per heavy atom. The van der Waals surface area contributed by atoms with Gasteiger partial charge in [0, 0.05) is 29.9 Å². The highest BCUT2D eigenvalue weighted by molar-refractivity contribution is 5.95. The number of primary amides is 1. The number of nitrogens with one attached hydrogen (secondary N) is 4. The van der Waals surface area contributed by atoms with E-state index in [-0.39, 0.29) is 18.8 Å². The van der Waals surface area contributed by atoms with Gasteiger partial charge in [0.15, 0.2) is 0 Å². The molecule has 0 aliphatic rings. The maximum Gasteiger partial charge on any atom is 0.326 e. The van der Waals surface area contributed by atoms with Crippen LogP contribution in [0.15, 0.2) is 60.8 Å². The van der Waals surface area contributed by atoms with Gasteiger partial charge < -0.3 is 37.5 Å². The molecule has 12 heteroatoms. The minimum absolute atomic E-state index is 0.0406. The van der Waals surface area contributed by atoms with Crippen LogP contribution in [-0.4, -0.2) is 63.9 Å². The van der Waals surface area contributed by atoms with Gasteiger partial charge in [0.25, 0.3) is 0 Å². The summed E-state index contributed by atoms with van der Waals surface area (Å²) in [6, 6.07) is 11.5. The number of carboxylic acid groups (broad SMARTS) is 1. The molecule has 0 aliphatic heterocycles. The smallest absolute Gasteiger partial charge is 0.326 e. The average Bonchev–Trinajstić information content (AvgIpc) is 3.37. The van der Waals surface area contributed by atoms with E-state index in [0.717, 1.165) is 16.5 Å². The molecule has 5 unspecified atom stereocenters. The predicted octanol–water partition coefficient (Wildman–Crippen LogP) is 0.741. The number of aromatic amines is 1.